The fraction of sp³-hybridized carbons (Fsp3) is 0.0638. The maximum Gasteiger partial charge on any atom is 2.00 e. The third-order valence-corrected chi connectivity index (χ3v) is 11.3. The van der Waals surface area contributed by atoms with Crippen molar-refractivity contribution in [3.63, 3.8) is 0 Å². The van der Waals surface area contributed by atoms with E-state index in [-0.39, 0.29) is 26.5 Å². The van der Waals surface area contributed by atoms with Crippen molar-refractivity contribution < 1.29 is 21.1 Å². The molecule has 0 N–H and O–H groups in total. The van der Waals surface area contributed by atoms with Gasteiger partial charge in [-0.1, -0.05) is 103 Å². The number of benzene rings is 7. The van der Waals surface area contributed by atoms with E-state index in [1.54, 1.807) is 0 Å². The van der Waals surface area contributed by atoms with E-state index < -0.39 is 0 Å². The summed E-state index contributed by atoms with van der Waals surface area (Å²) in [5, 5.41) is 0. The Morgan fingerprint density at radius 2 is 0.927 bits per heavy atom. The molecule has 0 aliphatic carbocycles. The molecule has 8 heteroatoms. The van der Waals surface area contributed by atoms with Gasteiger partial charge in [-0.25, -0.2) is 9.97 Å². The van der Waals surface area contributed by atoms with Crippen molar-refractivity contribution in [1.82, 2.24) is 27.9 Å². The van der Waals surface area contributed by atoms with E-state index in [4.69, 9.17) is 9.97 Å². The summed E-state index contributed by atoms with van der Waals surface area (Å²) in [6, 6.07) is 61.1. The molecule has 0 spiro atoms. The van der Waals surface area contributed by atoms with E-state index in [2.05, 4.69) is 188 Å². The Labute approximate surface area is 330 Å². The van der Waals surface area contributed by atoms with Crippen LogP contribution in [0.5, 0.6) is 0 Å². The summed E-state index contributed by atoms with van der Waals surface area (Å²) in [5.41, 5.74) is 15.5. The van der Waals surface area contributed by atoms with Crippen molar-refractivity contribution in [2.45, 2.75) is 19.3 Å². The molecule has 0 saturated heterocycles. The number of imidazole rings is 4. The van der Waals surface area contributed by atoms with Crippen molar-refractivity contribution in [3.8, 4) is 11.4 Å². The van der Waals surface area contributed by atoms with Gasteiger partial charge >= 0.3 is 21.1 Å². The minimum atomic E-state index is -0.274. The van der Waals surface area contributed by atoms with E-state index >= 15 is 0 Å². The standard InChI is InChI=1S/C47H31N7.Pt/c1-47(2)33-16-3-6-19-37(33)50(30-14-13-15-31(28-30)51-40-22-9-11-24-42(40)53-38-20-7-4-17-35(38)48-45(51)53)44-29-32(26-27-34(44)47)52-41-23-10-12-25-43(41)54-39-21-8-5-18-36(39)49-46(52)54;/h3-27H,1-2H3;/q-2;+2. The van der Waals surface area contributed by atoms with Gasteiger partial charge in [0.1, 0.15) is 0 Å². The maximum atomic E-state index is 5.16. The van der Waals surface area contributed by atoms with Gasteiger partial charge in [-0.15, -0.1) is 35.9 Å². The smallest absolute Gasteiger partial charge is 0.358 e. The van der Waals surface area contributed by atoms with Crippen LogP contribution in [0.3, 0.4) is 0 Å². The van der Waals surface area contributed by atoms with E-state index in [0.717, 1.165) is 84.1 Å². The van der Waals surface area contributed by atoms with Crippen molar-refractivity contribution >= 4 is 72.8 Å². The molecule has 7 nitrogen and oxygen atoms in total. The minimum absolute atomic E-state index is 0. The Morgan fingerprint density at radius 1 is 0.436 bits per heavy atom. The van der Waals surface area contributed by atoms with Gasteiger partial charge in [0.25, 0.3) is 0 Å². The largest absolute Gasteiger partial charge is 2.00 e. The molecule has 11 aromatic rings. The predicted octanol–water partition coefficient (Wildman–Crippen LogP) is 10.9. The number of fused-ring (bicyclic) bond motifs is 12. The van der Waals surface area contributed by atoms with Crippen LogP contribution in [0.1, 0.15) is 25.0 Å². The van der Waals surface area contributed by atoms with Crippen molar-refractivity contribution in [2.24, 2.45) is 0 Å². The molecule has 1 aliphatic rings. The van der Waals surface area contributed by atoms with Gasteiger partial charge in [0.2, 0.25) is 11.6 Å². The van der Waals surface area contributed by atoms with Gasteiger partial charge in [-0.05, 0) is 65.6 Å². The second kappa shape index (κ2) is 11.5. The zero-order valence-electron chi connectivity index (χ0n) is 29.9. The first-order valence-corrected chi connectivity index (χ1v) is 18.3. The molecule has 12 rings (SSSR count). The van der Waals surface area contributed by atoms with Crippen molar-refractivity contribution in [2.75, 3.05) is 4.90 Å². The van der Waals surface area contributed by atoms with Crippen LogP contribution < -0.4 is 4.90 Å². The number of nitrogens with zero attached hydrogens (tertiary/aromatic N) is 7. The van der Waals surface area contributed by atoms with Crippen LogP contribution in [0.15, 0.2) is 152 Å². The first kappa shape index (κ1) is 32.0. The Kier molecular flexibility index (Phi) is 6.72. The van der Waals surface area contributed by atoms with E-state index in [9.17, 15) is 0 Å². The second-order valence-electron chi connectivity index (χ2n) is 14.6. The molecule has 0 bridgehead atoms. The van der Waals surface area contributed by atoms with Crippen molar-refractivity contribution in [1.29, 1.82) is 0 Å². The van der Waals surface area contributed by atoms with Gasteiger partial charge in [0.05, 0.1) is 44.1 Å². The molecule has 5 heterocycles. The summed E-state index contributed by atoms with van der Waals surface area (Å²) in [5.74, 6) is 1.72. The molecule has 0 fully saturated rings. The SMILES string of the molecule is CC1(C)c2ccc(-n3c4ccccc4n4c5ccccc5nc34)[c-]c2N(c2[c-]c(-n3c4ccccc4n4c5ccccc5nc34)ccc2)c2ccccc21.[Pt+2]. The molecule has 0 saturated carbocycles. The van der Waals surface area contributed by atoms with Crippen LogP contribution in [0.2, 0.25) is 0 Å². The zero-order chi connectivity index (χ0) is 35.7. The Balaban J connectivity index is 0.00000352. The first-order chi connectivity index (χ1) is 26.6. The second-order valence-corrected chi connectivity index (χ2v) is 14.6. The normalized spacial score (nSPS) is 13.6. The predicted molar refractivity (Wildman–Crippen MR) is 217 cm³/mol. The monoisotopic (exact) mass is 888 g/mol. The number of aromatic nitrogens is 6. The molecule has 0 radical (unpaired) electrons. The molecule has 264 valence electrons. The summed E-state index contributed by atoms with van der Waals surface area (Å²) in [6.45, 7) is 4.62. The van der Waals surface area contributed by atoms with Gasteiger partial charge in [0.15, 0.2) is 0 Å². The van der Waals surface area contributed by atoms with Gasteiger partial charge in [0, 0.05) is 5.69 Å². The molecule has 7 aromatic carbocycles. The Bertz CT molecular complexity index is 3340. The molecular formula is C47H31N7Pt. The number of hydrogen-bond acceptors (Lipinski definition) is 3. The van der Waals surface area contributed by atoms with Gasteiger partial charge in [-0.2, -0.15) is 12.1 Å². The van der Waals surface area contributed by atoms with E-state index in [1.165, 1.54) is 11.1 Å². The van der Waals surface area contributed by atoms with Crippen LogP contribution in [0.4, 0.5) is 17.1 Å². The van der Waals surface area contributed by atoms with Crippen LogP contribution in [0, 0.1) is 12.1 Å². The molecule has 4 aromatic heterocycles. The summed E-state index contributed by atoms with van der Waals surface area (Å²) in [4.78, 5) is 12.6. The Hall–Kier alpha value is -6.43. The minimum Gasteiger partial charge on any atom is -0.358 e. The van der Waals surface area contributed by atoms with E-state index in [0.29, 0.717) is 0 Å². The number of rotatable bonds is 3. The van der Waals surface area contributed by atoms with Crippen LogP contribution in [-0.2, 0) is 26.5 Å². The average Bonchev–Trinajstić information content (AvgIpc) is 3.94. The number of para-hydroxylation sites is 9. The molecular weight excluding hydrogens is 858 g/mol. The Morgan fingerprint density at radius 3 is 1.55 bits per heavy atom. The van der Waals surface area contributed by atoms with Crippen LogP contribution >= 0.6 is 0 Å². The molecule has 0 unspecified atom stereocenters. The summed E-state index contributed by atoms with van der Waals surface area (Å²) < 4.78 is 8.98. The molecule has 55 heavy (non-hydrogen) atoms. The fourth-order valence-electron chi connectivity index (χ4n) is 8.88. The quantitative estimate of drug-likeness (QED) is 0.166. The van der Waals surface area contributed by atoms with Crippen LogP contribution in [-0.4, -0.2) is 27.9 Å². The fourth-order valence-corrected chi connectivity index (χ4v) is 8.88. The van der Waals surface area contributed by atoms with E-state index in [1.807, 2.05) is 12.1 Å². The molecule has 0 amide bonds. The number of anilines is 3. The van der Waals surface area contributed by atoms with Gasteiger partial charge in [-0.3, -0.25) is 8.80 Å². The zero-order valence-corrected chi connectivity index (χ0v) is 32.2. The van der Waals surface area contributed by atoms with Crippen LogP contribution in [0.25, 0.3) is 67.1 Å². The summed E-state index contributed by atoms with van der Waals surface area (Å²) in [6.07, 6.45) is 0. The van der Waals surface area contributed by atoms with Crippen molar-refractivity contribution in [3.05, 3.63) is 175 Å². The molecule has 1 aliphatic heterocycles. The summed E-state index contributed by atoms with van der Waals surface area (Å²) >= 11 is 0. The topological polar surface area (TPSA) is 47.7 Å². The third-order valence-electron chi connectivity index (χ3n) is 11.3. The maximum absolute atomic E-state index is 5.16. The third kappa shape index (κ3) is 4.30. The van der Waals surface area contributed by atoms with Gasteiger partial charge < -0.3 is 14.0 Å². The first-order valence-electron chi connectivity index (χ1n) is 18.3. The number of hydrogen-bond donors (Lipinski definition) is 0. The molecule has 0 atom stereocenters. The summed E-state index contributed by atoms with van der Waals surface area (Å²) in [7, 11) is 0. The average molecular weight is 889 g/mol.